The predicted molar refractivity (Wildman–Crippen MR) is 59.6 cm³/mol. The molecule has 0 radical (unpaired) electrons. The van der Waals surface area contributed by atoms with Crippen molar-refractivity contribution < 1.29 is 4.74 Å². The molecule has 0 unspecified atom stereocenters. The Kier molecular flexibility index (Phi) is 4.85. The summed E-state index contributed by atoms with van der Waals surface area (Å²) in [4.78, 5) is 2.39. The standard InChI is InChI=1S/C9H18N2O.C2H6/c1-11-5-2-9(3-6-11)8-12-7-4-10-9;1-2/h10H,2-8H2,1H3;1-2H3. The van der Waals surface area contributed by atoms with Gasteiger partial charge >= 0.3 is 0 Å². The number of hydrogen-bond donors (Lipinski definition) is 1. The van der Waals surface area contributed by atoms with Crippen molar-refractivity contribution in [3.05, 3.63) is 0 Å². The summed E-state index contributed by atoms with van der Waals surface area (Å²) < 4.78 is 5.52. The van der Waals surface area contributed by atoms with E-state index in [0.717, 1.165) is 19.8 Å². The van der Waals surface area contributed by atoms with Crippen LogP contribution in [-0.2, 0) is 4.74 Å². The highest BCUT2D eigenvalue weighted by molar-refractivity contribution is 4.94. The van der Waals surface area contributed by atoms with E-state index in [4.69, 9.17) is 4.74 Å². The Morgan fingerprint density at radius 2 is 1.86 bits per heavy atom. The number of rotatable bonds is 0. The zero-order chi connectivity index (χ0) is 10.4. The Hall–Kier alpha value is -0.120. The minimum absolute atomic E-state index is 0.324. The summed E-state index contributed by atoms with van der Waals surface area (Å²) in [5.41, 5.74) is 0.324. The number of hydrogen-bond acceptors (Lipinski definition) is 3. The largest absolute Gasteiger partial charge is 0.378 e. The van der Waals surface area contributed by atoms with Gasteiger partial charge in [0.05, 0.1) is 13.2 Å². The fourth-order valence-corrected chi connectivity index (χ4v) is 2.07. The van der Waals surface area contributed by atoms with Gasteiger partial charge in [-0.05, 0) is 33.0 Å². The molecule has 3 nitrogen and oxygen atoms in total. The molecule has 0 aromatic rings. The highest BCUT2D eigenvalue weighted by Gasteiger charge is 2.34. The fraction of sp³-hybridized carbons (Fsp3) is 1.00. The van der Waals surface area contributed by atoms with E-state index in [-0.39, 0.29) is 0 Å². The third-order valence-corrected chi connectivity index (χ3v) is 3.07. The molecule has 2 fully saturated rings. The fourth-order valence-electron chi connectivity index (χ4n) is 2.07. The highest BCUT2D eigenvalue weighted by Crippen LogP contribution is 2.23. The second kappa shape index (κ2) is 5.69. The monoisotopic (exact) mass is 200 g/mol. The Balaban J connectivity index is 0.000000461. The first-order chi connectivity index (χ1) is 6.81. The minimum atomic E-state index is 0.324. The molecular weight excluding hydrogens is 176 g/mol. The van der Waals surface area contributed by atoms with Gasteiger partial charge in [-0.1, -0.05) is 13.8 Å². The van der Waals surface area contributed by atoms with Crippen molar-refractivity contribution in [3.8, 4) is 0 Å². The molecule has 2 heterocycles. The topological polar surface area (TPSA) is 24.5 Å². The van der Waals surface area contributed by atoms with Crippen molar-refractivity contribution in [2.45, 2.75) is 32.2 Å². The van der Waals surface area contributed by atoms with Crippen LogP contribution in [0.2, 0.25) is 0 Å². The van der Waals surface area contributed by atoms with E-state index in [0.29, 0.717) is 5.54 Å². The second-order valence-electron chi connectivity index (χ2n) is 4.06. The van der Waals surface area contributed by atoms with Crippen LogP contribution in [0.5, 0.6) is 0 Å². The lowest BCUT2D eigenvalue weighted by Gasteiger charge is -2.43. The molecule has 0 bridgehead atoms. The van der Waals surface area contributed by atoms with Crippen molar-refractivity contribution in [1.82, 2.24) is 10.2 Å². The molecule has 0 saturated carbocycles. The van der Waals surface area contributed by atoms with Gasteiger partial charge in [0.15, 0.2) is 0 Å². The van der Waals surface area contributed by atoms with Crippen LogP contribution in [0.3, 0.4) is 0 Å². The van der Waals surface area contributed by atoms with Gasteiger partial charge < -0.3 is 15.0 Å². The number of nitrogens with one attached hydrogen (secondary N) is 1. The quantitative estimate of drug-likeness (QED) is 0.633. The molecule has 0 aliphatic carbocycles. The van der Waals surface area contributed by atoms with Crippen molar-refractivity contribution >= 4 is 0 Å². The van der Waals surface area contributed by atoms with Gasteiger partial charge in [0.2, 0.25) is 0 Å². The molecular formula is C11H24N2O. The normalized spacial score (nSPS) is 26.8. The number of piperidine rings is 1. The maximum absolute atomic E-state index is 5.52. The van der Waals surface area contributed by atoms with Crippen molar-refractivity contribution in [2.75, 3.05) is 39.9 Å². The van der Waals surface area contributed by atoms with Crippen LogP contribution in [0.15, 0.2) is 0 Å². The molecule has 84 valence electrons. The van der Waals surface area contributed by atoms with Gasteiger partial charge in [-0.2, -0.15) is 0 Å². The lowest BCUT2D eigenvalue weighted by atomic mass is 9.88. The van der Waals surface area contributed by atoms with E-state index in [2.05, 4.69) is 17.3 Å². The summed E-state index contributed by atoms with van der Waals surface area (Å²) in [6.45, 7) is 9.24. The van der Waals surface area contributed by atoms with Crippen LogP contribution in [0.25, 0.3) is 0 Å². The number of ether oxygens (including phenoxy) is 1. The van der Waals surface area contributed by atoms with Crippen LogP contribution < -0.4 is 5.32 Å². The smallest absolute Gasteiger partial charge is 0.0649 e. The Morgan fingerprint density at radius 3 is 2.36 bits per heavy atom. The highest BCUT2D eigenvalue weighted by atomic mass is 16.5. The number of nitrogens with zero attached hydrogens (tertiary/aromatic N) is 1. The van der Waals surface area contributed by atoms with E-state index in [9.17, 15) is 0 Å². The Labute approximate surface area is 87.8 Å². The molecule has 2 aliphatic heterocycles. The van der Waals surface area contributed by atoms with E-state index in [1.165, 1.54) is 25.9 Å². The van der Waals surface area contributed by atoms with Crippen LogP contribution in [0.1, 0.15) is 26.7 Å². The third kappa shape index (κ3) is 2.94. The average molecular weight is 200 g/mol. The van der Waals surface area contributed by atoms with Crippen molar-refractivity contribution in [1.29, 1.82) is 0 Å². The summed E-state index contributed by atoms with van der Waals surface area (Å²) in [5.74, 6) is 0. The SMILES string of the molecule is CC.CN1CCC2(CC1)COCCN2. The first kappa shape index (κ1) is 12.0. The first-order valence-electron chi connectivity index (χ1n) is 5.82. The molecule has 14 heavy (non-hydrogen) atoms. The molecule has 0 amide bonds. The Bertz CT molecular complexity index is 145. The molecule has 0 aromatic heterocycles. The van der Waals surface area contributed by atoms with Gasteiger partial charge in [0, 0.05) is 12.1 Å². The number of morpholine rings is 1. The summed E-state index contributed by atoms with van der Waals surface area (Å²) in [6.07, 6.45) is 2.48. The lowest BCUT2D eigenvalue weighted by molar-refractivity contribution is -0.00165. The summed E-state index contributed by atoms with van der Waals surface area (Å²) in [7, 11) is 2.19. The van der Waals surface area contributed by atoms with E-state index < -0.39 is 0 Å². The molecule has 2 rings (SSSR count). The summed E-state index contributed by atoms with van der Waals surface area (Å²) in [5, 5.41) is 3.60. The minimum Gasteiger partial charge on any atom is -0.378 e. The van der Waals surface area contributed by atoms with Gasteiger partial charge in [0.1, 0.15) is 0 Å². The maximum Gasteiger partial charge on any atom is 0.0649 e. The average Bonchev–Trinajstić information content (AvgIpc) is 2.27. The summed E-state index contributed by atoms with van der Waals surface area (Å²) >= 11 is 0. The molecule has 0 aromatic carbocycles. The van der Waals surface area contributed by atoms with Gasteiger partial charge in [0.25, 0.3) is 0 Å². The van der Waals surface area contributed by atoms with Crippen LogP contribution in [0, 0.1) is 0 Å². The number of likely N-dealkylation sites (tertiary alicyclic amines) is 1. The van der Waals surface area contributed by atoms with Crippen molar-refractivity contribution in [3.63, 3.8) is 0 Å². The van der Waals surface area contributed by atoms with Crippen LogP contribution in [0.4, 0.5) is 0 Å². The Morgan fingerprint density at radius 1 is 1.21 bits per heavy atom. The lowest BCUT2D eigenvalue weighted by Crippen LogP contribution is -2.59. The van der Waals surface area contributed by atoms with Gasteiger partial charge in [-0.3, -0.25) is 0 Å². The molecule has 1 N–H and O–H groups in total. The van der Waals surface area contributed by atoms with Gasteiger partial charge in [-0.25, -0.2) is 0 Å². The predicted octanol–water partition coefficient (Wildman–Crippen LogP) is 1.10. The van der Waals surface area contributed by atoms with E-state index in [1.54, 1.807) is 0 Å². The van der Waals surface area contributed by atoms with Crippen molar-refractivity contribution in [2.24, 2.45) is 0 Å². The second-order valence-corrected chi connectivity index (χ2v) is 4.06. The third-order valence-electron chi connectivity index (χ3n) is 3.07. The van der Waals surface area contributed by atoms with Gasteiger partial charge in [-0.15, -0.1) is 0 Å². The van der Waals surface area contributed by atoms with Crippen LogP contribution >= 0.6 is 0 Å². The zero-order valence-electron chi connectivity index (χ0n) is 9.81. The molecule has 0 atom stereocenters. The first-order valence-corrected chi connectivity index (χ1v) is 5.82. The molecule has 1 spiro atoms. The zero-order valence-corrected chi connectivity index (χ0v) is 9.81. The molecule has 2 saturated heterocycles. The van der Waals surface area contributed by atoms with Crippen LogP contribution in [-0.4, -0.2) is 50.3 Å². The van der Waals surface area contributed by atoms with E-state index >= 15 is 0 Å². The maximum atomic E-state index is 5.52. The summed E-state index contributed by atoms with van der Waals surface area (Å²) in [6, 6.07) is 0. The molecule has 3 heteroatoms. The van der Waals surface area contributed by atoms with E-state index in [1.807, 2.05) is 13.8 Å². The molecule has 2 aliphatic rings.